The Morgan fingerprint density at radius 3 is 2.31 bits per heavy atom. The van der Waals surface area contributed by atoms with Crippen molar-refractivity contribution >= 4 is 11.8 Å². The Bertz CT molecular complexity index is 1100. The van der Waals surface area contributed by atoms with Gasteiger partial charge in [0.05, 0.1) is 0 Å². The maximum atomic E-state index is 13.5. The summed E-state index contributed by atoms with van der Waals surface area (Å²) in [5, 5.41) is 3.05. The molecule has 0 unspecified atom stereocenters. The van der Waals surface area contributed by atoms with E-state index >= 15 is 0 Å². The van der Waals surface area contributed by atoms with E-state index in [0.717, 1.165) is 23.1 Å². The van der Waals surface area contributed by atoms with Crippen LogP contribution in [0.15, 0.2) is 78.9 Å². The second-order valence-corrected chi connectivity index (χ2v) is 8.78. The van der Waals surface area contributed by atoms with Gasteiger partial charge in [-0.15, -0.1) is 0 Å². The summed E-state index contributed by atoms with van der Waals surface area (Å²) in [5.41, 5.74) is 2.95. The molecule has 0 aromatic heterocycles. The van der Waals surface area contributed by atoms with Gasteiger partial charge in [0.2, 0.25) is 5.91 Å². The first-order chi connectivity index (χ1) is 16.9. The van der Waals surface area contributed by atoms with Crippen LogP contribution in [-0.4, -0.2) is 35.4 Å². The number of halogens is 1. The number of ether oxygens (including phenoxy) is 1. The molecular formula is C29H33FN2O3. The molecule has 2 atom stereocenters. The fraction of sp³-hybridized carbons (Fsp3) is 0.310. The Labute approximate surface area is 206 Å². The van der Waals surface area contributed by atoms with Crippen molar-refractivity contribution in [1.29, 1.82) is 0 Å². The molecule has 3 aromatic carbocycles. The topological polar surface area (TPSA) is 58.6 Å². The molecular weight excluding hydrogens is 443 g/mol. The average molecular weight is 477 g/mol. The molecule has 35 heavy (non-hydrogen) atoms. The van der Waals surface area contributed by atoms with Gasteiger partial charge in [-0.05, 0) is 55.7 Å². The Hall–Kier alpha value is -3.67. The molecule has 0 spiro atoms. The number of hydrogen-bond acceptors (Lipinski definition) is 3. The van der Waals surface area contributed by atoms with Crippen LogP contribution in [0.1, 0.15) is 37.0 Å². The number of carbonyl (C=O) groups excluding carboxylic acids is 2. The van der Waals surface area contributed by atoms with E-state index in [1.165, 1.54) is 24.3 Å². The maximum Gasteiger partial charge on any atom is 0.261 e. The quantitative estimate of drug-likeness (QED) is 0.421. The Balaban J connectivity index is 1.90. The highest BCUT2D eigenvalue weighted by atomic mass is 19.1. The van der Waals surface area contributed by atoms with Gasteiger partial charge >= 0.3 is 0 Å². The van der Waals surface area contributed by atoms with Crippen LogP contribution < -0.4 is 10.1 Å². The van der Waals surface area contributed by atoms with Gasteiger partial charge < -0.3 is 15.0 Å². The summed E-state index contributed by atoms with van der Waals surface area (Å²) < 4.78 is 18.9. The highest BCUT2D eigenvalue weighted by Crippen LogP contribution is 2.17. The van der Waals surface area contributed by atoms with Crippen molar-refractivity contribution in [3.05, 3.63) is 101 Å². The molecule has 0 aliphatic carbocycles. The molecule has 0 saturated carbocycles. The van der Waals surface area contributed by atoms with E-state index < -0.39 is 6.04 Å². The first kappa shape index (κ1) is 25.9. The van der Waals surface area contributed by atoms with Gasteiger partial charge in [0.15, 0.2) is 6.61 Å². The van der Waals surface area contributed by atoms with Crippen LogP contribution in [0.4, 0.5) is 4.39 Å². The maximum absolute atomic E-state index is 13.5. The van der Waals surface area contributed by atoms with E-state index in [1.54, 1.807) is 4.90 Å². The van der Waals surface area contributed by atoms with Gasteiger partial charge in [-0.3, -0.25) is 9.59 Å². The average Bonchev–Trinajstić information content (AvgIpc) is 2.86. The van der Waals surface area contributed by atoms with Gasteiger partial charge in [0, 0.05) is 19.0 Å². The number of nitrogens with zero attached hydrogens (tertiary/aromatic N) is 1. The third-order valence-electron chi connectivity index (χ3n) is 5.88. The summed E-state index contributed by atoms with van der Waals surface area (Å²) in [7, 11) is 0. The summed E-state index contributed by atoms with van der Waals surface area (Å²) in [4.78, 5) is 28.5. The van der Waals surface area contributed by atoms with Crippen LogP contribution in [0.2, 0.25) is 0 Å². The van der Waals surface area contributed by atoms with E-state index in [-0.39, 0.29) is 36.8 Å². The zero-order chi connectivity index (χ0) is 25.2. The molecule has 0 aliphatic rings. The highest BCUT2D eigenvalue weighted by Gasteiger charge is 2.31. The van der Waals surface area contributed by atoms with E-state index in [4.69, 9.17) is 4.74 Å². The first-order valence-electron chi connectivity index (χ1n) is 11.9. The first-order valence-corrected chi connectivity index (χ1v) is 11.9. The van der Waals surface area contributed by atoms with Crippen LogP contribution >= 0.6 is 0 Å². The van der Waals surface area contributed by atoms with Crippen LogP contribution in [0.25, 0.3) is 0 Å². The largest absolute Gasteiger partial charge is 0.484 e. The lowest BCUT2D eigenvalue weighted by Crippen LogP contribution is -2.53. The fourth-order valence-electron chi connectivity index (χ4n) is 3.76. The summed E-state index contributed by atoms with van der Waals surface area (Å²) in [6, 6.07) is 22.3. The standard InChI is InChI=1S/C29H33FN2O3/c1-4-22(3)31-29(34)27(18-23-10-6-5-7-11-23)32(19-24-12-8-9-21(2)17-24)28(33)20-35-26-15-13-25(30)14-16-26/h5-17,22,27H,4,18-20H2,1-3H3,(H,31,34)/t22-,27+/m0/s1. The zero-order valence-electron chi connectivity index (χ0n) is 20.5. The highest BCUT2D eigenvalue weighted by molar-refractivity contribution is 5.88. The number of amides is 2. The Kier molecular flexibility index (Phi) is 9.41. The second kappa shape index (κ2) is 12.7. The summed E-state index contributed by atoms with van der Waals surface area (Å²) >= 11 is 0. The minimum absolute atomic E-state index is 0.0211. The van der Waals surface area contributed by atoms with Gasteiger partial charge in [-0.25, -0.2) is 4.39 Å². The van der Waals surface area contributed by atoms with Crippen molar-refractivity contribution in [2.75, 3.05) is 6.61 Å². The van der Waals surface area contributed by atoms with E-state index in [0.29, 0.717) is 12.2 Å². The number of benzene rings is 3. The summed E-state index contributed by atoms with van der Waals surface area (Å²) in [6.45, 7) is 5.94. The predicted octanol–water partition coefficient (Wildman–Crippen LogP) is 5.07. The van der Waals surface area contributed by atoms with Gasteiger partial charge in [-0.1, -0.05) is 67.1 Å². The van der Waals surface area contributed by atoms with Gasteiger partial charge in [0.25, 0.3) is 5.91 Å². The molecule has 5 nitrogen and oxygen atoms in total. The third kappa shape index (κ3) is 7.95. The van der Waals surface area contributed by atoms with E-state index in [1.807, 2.05) is 75.4 Å². The van der Waals surface area contributed by atoms with Crippen LogP contribution in [0, 0.1) is 12.7 Å². The van der Waals surface area contributed by atoms with Crippen molar-refractivity contribution in [3.8, 4) is 5.75 Å². The number of hydrogen-bond donors (Lipinski definition) is 1. The predicted molar refractivity (Wildman–Crippen MR) is 135 cm³/mol. The molecule has 0 fully saturated rings. The molecule has 2 amide bonds. The number of aryl methyl sites for hydroxylation is 1. The van der Waals surface area contributed by atoms with Crippen molar-refractivity contribution in [2.24, 2.45) is 0 Å². The van der Waals surface area contributed by atoms with E-state index in [9.17, 15) is 14.0 Å². The minimum atomic E-state index is -0.726. The molecule has 0 aliphatic heterocycles. The molecule has 0 bridgehead atoms. The second-order valence-electron chi connectivity index (χ2n) is 8.78. The van der Waals surface area contributed by atoms with Crippen LogP contribution in [0.5, 0.6) is 5.75 Å². The fourth-order valence-corrected chi connectivity index (χ4v) is 3.76. The number of carbonyl (C=O) groups is 2. The van der Waals surface area contributed by atoms with Gasteiger partial charge in [0.1, 0.15) is 17.6 Å². The Morgan fingerprint density at radius 1 is 0.971 bits per heavy atom. The number of rotatable bonds is 11. The zero-order valence-corrected chi connectivity index (χ0v) is 20.5. The van der Waals surface area contributed by atoms with Gasteiger partial charge in [-0.2, -0.15) is 0 Å². The van der Waals surface area contributed by atoms with E-state index in [2.05, 4.69) is 5.32 Å². The molecule has 0 heterocycles. The minimum Gasteiger partial charge on any atom is -0.484 e. The summed E-state index contributed by atoms with van der Waals surface area (Å²) in [6.07, 6.45) is 1.15. The number of nitrogens with one attached hydrogen (secondary N) is 1. The van der Waals surface area contributed by atoms with Crippen molar-refractivity contribution in [3.63, 3.8) is 0 Å². The molecule has 0 radical (unpaired) electrons. The smallest absolute Gasteiger partial charge is 0.261 e. The normalized spacial score (nSPS) is 12.5. The third-order valence-corrected chi connectivity index (χ3v) is 5.88. The SMILES string of the molecule is CC[C@H](C)NC(=O)[C@@H](Cc1ccccc1)N(Cc1cccc(C)c1)C(=O)COc1ccc(F)cc1. The lowest BCUT2D eigenvalue weighted by molar-refractivity contribution is -0.143. The van der Waals surface area contributed by atoms with Crippen molar-refractivity contribution in [2.45, 2.75) is 52.2 Å². The molecule has 6 heteroatoms. The van der Waals surface area contributed by atoms with Crippen molar-refractivity contribution < 1.29 is 18.7 Å². The molecule has 0 saturated heterocycles. The monoisotopic (exact) mass is 476 g/mol. The molecule has 1 N–H and O–H groups in total. The Morgan fingerprint density at radius 2 is 1.66 bits per heavy atom. The summed E-state index contributed by atoms with van der Waals surface area (Å²) in [5.74, 6) is -0.518. The van der Waals surface area contributed by atoms with Crippen molar-refractivity contribution in [1.82, 2.24) is 10.2 Å². The van der Waals surface area contributed by atoms with Crippen LogP contribution in [0.3, 0.4) is 0 Å². The molecule has 184 valence electrons. The molecule has 3 rings (SSSR count). The van der Waals surface area contributed by atoms with Crippen LogP contribution in [-0.2, 0) is 22.6 Å². The lowest BCUT2D eigenvalue weighted by atomic mass is 10.0. The molecule has 3 aromatic rings. The lowest BCUT2D eigenvalue weighted by Gasteiger charge is -2.32.